The zero-order chi connectivity index (χ0) is 16.1. The largest absolute Gasteiger partial charge is 0.468 e. The molecule has 1 aromatic carbocycles. The normalized spacial score (nSPS) is 29.2. The molecular weight excluding hydrogens is 278 g/mol. The third-order valence-corrected chi connectivity index (χ3v) is 4.63. The van der Waals surface area contributed by atoms with E-state index in [1.54, 1.807) is 4.90 Å². The van der Waals surface area contributed by atoms with Crippen LogP contribution >= 0.6 is 0 Å². The third-order valence-electron chi connectivity index (χ3n) is 4.63. The summed E-state index contributed by atoms with van der Waals surface area (Å²) in [6.07, 6.45) is 3.77. The van der Waals surface area contributed by atoms with Crippen LogP contribution in [-0.4, -0.2) is 29.9 Å². The van der Waals surface area contributed by atoms with Gasteiger partial charge in [-0.15, -0.1) is 0 Å². The van der Waals surface area contributed by atoms with Crippen molar-refractivity contribution in [3.05, 3.63) is 48.2 Å². The van der Waals surface area contributed by atoms with Gasteiger partial charge in [-0.05, 0) is 5.56 Å². The fraction of sp³-hybridized carbons (Fsp3) is 0.444. The minimum Gasteiger partial charge on any atom is -0.468 e. The van der Waals surface area contributed by atoms with Crippen LogP contribution in [0.3, 0.4) is 0 Å². The van der Waals surface area contributed by atoms with E-state index in [4.69, 9.17) is 4.74 Å². The van der Waals surface area contributed by atoms with Gasteiger partial charge in [0, 0.05) is 17.5 Å². The molecule has 0 bridgehead atoms. The van der Waals surface area contributed by atoms with E-state index >= 15 is 0 Å². The van der Waals surface area contributed by atoms with Crippen molar-refractivity contribution in [2.45, 2.75) is 32.2 Å². The third kappa shape index (κ3) is 1.83. The smallest absolute Gasteiger partial charge is 0.319 e. The molecule has 1 amide bonds. The molecule has 116 valence electrons. The number of methoxy groups -OCH3 is 1. The maximum Gasteiger partial charge on any atom is 0.319 e. The Hall–Kier alpha value is -2.10. The molecule has 4 heteroatoms. The van der Waals surface area contributed by atoms with Crippen molar-refractivity contribution in [1.82, 2.24) is 4.90 Å². The molecule has 0 radical (unpaired) electrons. The van der Waals surface area contributed by atoms with Gasteiger partial charge in [-0.3, -0.25) is 9.59 Å². The number of carbonyl (C=O) groups excluding carboxylic acids is 2. The minimum atomic E-state index is -0.758. The zero-order valence-corrected chi connectivity index (χ0v) is 13.4. The minimum absolute atomic E-state index is 0.00588. The van der Waals surface area contributed by atoms with E-state index in [1.807, 2.05) is 63.4 Å². The summed E-state index contributed by atoms with van der Waals surface area (Å²) in [4.78, 5) is 26.9. The van der Waals surface area contributed by atoms with Gasteiger partial charge >= 0.3 is 5.97 Å². The molecule has 1 fully saturated rings. The number of ether oxygens (including phenoxy) is 1. The molecule has 3 atom stereocenters. The lowest BCUT2D eigenvalue weighted by Crippen LogP contribution is -2.41. The summed E-state index contributed by atoms with van der Waals surface area (Å²) < 4.78 is 5.07. The Kier molecular flexibility index (Phi) is 3.17. The van der Waals surface area contributed by atoms with Crippen LogP contribution in [0.5, 0.6) is 0 Å². The maximum absolute atomic E-state index is 12.7. The number of carbonyl (C=O) groups is 2. The second kappa shape index (κ2) is 4.70. The lowest BCUT2D eigenvalue weighted by molar-refractivity contribution is -0.145. The lowest BCUT2D eigenvalue weighted by atomic mass is 9.90. The molecule has 2 aliphatic rings. The van der Waals surface area contributed by atoms with Gasteiger partial charge < -0.3 is 9.64 Å². The van der Waals surface area contributed by atoms with Crippen LogP contribution in [0, 0.1) is 11.3 Å². The van der Waals surface area contributed by atoms with Gasteiger partial charge in [0.1, 0.15) is 5.41 Å². The molecule has 0 aromatic heterocycles. The maximum atomic E-state index is 12.7. The molecular formula is C18H21NO3. The predicted molar refractivity (Wildman–Crippen MR) is 82.9 cm³/mol. The number of nitrogens with zero attached hydrogens (tertiary/aromatic N) is 1. The second-order valence-electron chi connectivity index (χ2n) is 7.00. The molecule has 0 unspecified atom stereocenters. The van der Waals surface area contributed by atoms with E-state index in [1.165, 1.54) is 7.11 Å². The van der Waals surface area contributed by atoms with Gasteiger partial charge in [0.25, 0.3) is 0 Å². The van der Waals surface area contributed by atoms with E-state index in [0.29, 0.717) is 0 Å². The molecule has 1 aromatic rings. The van der Waals surface area contributed by atoms with Crippen molar-refractivity contribution in [1.29, 1.82) is 0 Å². The Morgan fingerprint density at radius 1 is 1.18 bits per heavy atom. The van der Waals surface area contributed by atoms with Crippen LogP contribution < -0.4 is 0 Å². The Bertz CT molecular complexity index is 644. The first-order chi connectivity index (χ1) is 10.3. The Labute approximate surface area is 130 Å². The predicted octanol–water partition coefficient (Wildman–Crippen LogP) is 2.50. The molecule has 1 saturated carbocycles. The number of fused-ring (bicyclic) bond motifs is 1. The first kappa shape index (κ1) is 14.8. The van der Waals surface area contributed by atoms with Gasteiger partial charge in [-0.25, -0.2) is 0 Å². The van der Waals surface area contributed by atoms with Crippen molar-refractivity contribution in [3.8, 4) is 0 Å². The molecule has 1 heterocycles. The summed E-state index contributed by atoms with van der Waals surface area (Å²) in [6.45, 7) is 5.67. The molecule has 22 heavy (non-hydrogen) atoms. The van der Waals surface area contributed by atoms with E-state index in [-0.39, 0.29) is 23.8 Å². The van der Waals surface area contributed by atoms with Crippen LogP contribution in [0.15, 0.2) is 42.6 Å². The standard InChI is InChI=1S/C18H21NO3/c1-17(2,3)15(20)19-11-10-13-14(19)18(13,16(21)22-4)12-8-6-5-7-9-12/h5-11,13-14H,1-4H3/t13-,14+,18+/m1/s1. The van der Waals surface area contributed by atoms with Crippen LogP contribution in [-0.2, 0) is 19.7 Å². The highest BCUT2D eigenvalue weighted by molar-refractivity contribution is 5.94. The van der Waals surface area contributed by atoms with Gasteiger partial charge in [0.2, 0.25) is 5.91 Å². The van der Waals surface area contributed by atoms with Crippen molar-refractivity contribution in [2.24, 2.45) is 11.3 Å². The highest BCUT2D eigenvalue weighted by Gasteiger charge is 2.75. The summed E-state index contributed by atoms with van der Waals surface area (Å²) in [6, 6.07) is 9.43. The van der Waals surface area contributed by atoms with Gasteiger partial charge in [0.15, 0.2) is 0 Å². The molecule has 3 rings (SSSR count). The van der Waals surface area contributed by atoms with Crippen LogP contribution in [0.2, 0.25) is 0 Å². The average molecular weight is 299 g/mol. The molecule has 0 N–H and O–H groups in total. The molecule has 1 aliphatic carbocycles. The first-order valence-corrected chi connectivity index (χ1v) is 7.50. The number of hydrogen-bond donors (Lipinski definition) is 0. The number of esters is 1. The Morgan fingerprint density at radius 2 is 1.82 bits per heavy atom. The first-order valence-electron chi connectivity index (χ1n) is 7.50. The molecule has 0 saturated heterocycles. The van der Waals surface area contributed by atoms with E-state index in [0.717, 1.165) is 5.56 Å². The zero-order valence-electron chi connectivity index (χ0n) is 13.4. The van der Waals surface area contributed by atoms with Gasteiger partial charge in [0.05, 0.1) is 13.2 Å². The van der Waals surface area contributed by atoms with E-state index < -0.39 is 10.8 Å². The topological polar surface area (TPSA) is 46.6 Å². The lowest BCUT2D eigenvalue weighted by Gasteiger charge is -2.28. The van der Waals surface area contributed by atoms with Crippen molar-refractivity contribution >= 4 is 11.9 Å². The highest BCUT2D eigenvalue weighted by Crippen LogP contribution is 2.62. The Morgan fingerprint density at radius 3 is 2.36 bits per heavy atom. The highest BCUT2D eigenvalue weighted by atomic mass is 16.5. The monoisotopic (exact) mass is 299 g/mol. The fourth-order valence-corrected chi connectivity index (χ4v) is 3.53. The second-order valence-corrected chi connectivity index (χ2v) is 7.00. The SMILES string of the molecule is COC(=O)[C@@]1(c2ccccc2)[C@@H]2C=CN(C(=O)C(C)(C)C)[C@@H]21. The average Bonchev–Trinajstić information content (AvgIpc) is 2.96. The number of hydrogen-bond acceptors (Lipinski definition) is 3. The number of benzene rings is 1. The fourth-order valence-electron chi connectivity index (χ4n) is 3.53. The summed E-state index contributed by atoms with van der Waals surface area (Å²) in [5.74, 6) is -0.253. The van der Waals surface area contributed by atoms with Gasteiger partial charge in [-0.1, -0.05) is 57.2 Å². The van der Waals surface area contributed by atoms with Gasteiger partial charge in [-0.2, -0.15) is 0 Å². The molecule has 0 spiro atoms. The van der Waals surface area contributed by atoms with Crippen molar-refractivity contribution in [2.75, 3.05) is 7.11 Å². The van der Waals surface area contributed by atoms with Crippen molar-refractivity contribution in [3.63, 3.8) is 0 Å². The molecule has 1 aliphatic heterocycles. The van der Waals surface area contributed by atoms with Crippen LogP contribution in [0.4, 0.5) is 0 Å². The summed E-state index contributed by atoms with van der Waals surface area (Å²) in [5.41, 5.74) is -0.334. The summed E-state index contributed by atoms with van der Waals surface area (Å²) in [7, 11) is 1.40. The Balaban J connectivity index is 2.02. The number of rotatable bonds is 2. The van der Waals surface area contributed by atoms with E-state index in [2.05, 4.69) is 0 Å². The summed E-state index contributed by atoms with van der Waals surface area (Å²) in [5, 5.41) is 0. The van der Waals surface area contributed by atoms with E-state index in [9.17, 15) is 9.59 Å². The quantitative estimate of drug-likeness (QED) is 0.788. The number of amides is 1. The summed E-state index contributed by atoms with van der Waals surface area (Å²) >= 11 is 0. The van der Waals surface area contributed by atoms with Crippen LogP contribution in [0.25, 0.3) is 0 Å². The molecule has 4 nitrogen and oxygen atoms in total. The van der Waals surface area contributed by atoms with Crippen molar-refractivity contribution < 1.29 is 14.3 Å². The van der Waals surface area contributed by atoms with Crippen LogP contribution in [0.1, 0.15) is 26.3 Å².